The van der Waals surface area contributed by atoms with E-state index in [0.29, 0.717) is 21.6 Å². The van der Waals surface area contributed by atoms with Crippen LogP contribution in [-0.2, 0) is 6.54 Å². The lowest BCUT2D eigenvalue weighted by Gasteiger charge is -2.07. The molecule has 0 aliphatic rings. The fraction of sp³-hybridized carbons (Fsp3) is 0.0870. The number of rotatable bonds is 6. The van der Waals surface area contributed by atoms with Gasteiger partial charge in [-0.2, -0.15) is 0 Å². The second-order valence-corrected chi connectivity index (χ2v) is 6.61. The number of aromatic hydroxyl groups is 4. The van der Waals surface area contributed by atoms with Crippen LogP contribution < -0.4 is 4.74 Å². The molecule has 0 saturated carbocycles. The molecule has 0 amide bonds. The molecule has 0 bridgehead atoms. The highest BCUT2D eigenvalue weighted by Gasteiger charge is 2.07. The first-order valence-corrected chi connectivity index (χ1v) is 9.03. The van der Waals surface area contributed by atoms with Crippen LogP contribution in [0.2, 0.25) is 0 Å². The molecule has 0 fully saturated rings. The largest absolute Gasteiger partial charge is 0.624 e. The van der Waals surface area contributed by atoms with Crippen molar-refractivity contribution in [1.82, 2.24) is 0 Å². The molecule has 0 spiro atoms. The molecule has 7 nitrogen and oxygen atoms in total. The van der Waals surface area contributed by atoms with Gasteiger partial charge in [-0.15, -0.1) is 0 Å². The number of phenols is 4. The molecule has 30 heavy (non-hydrogen) atoms. The zero-order valence-corrected chi connectivity index (χ0v) is 16.2. The van der Waals surface area contributed by atoms with Crippen LogP contribution in [0.15, 0.2) is 54.6 Å². The molecule has 4 N–H and O–H groups in total. The highest BCUT2D eigenvalue weighted by molar-refractivity contribution is 5.82. The SMILES string of the molecule is COc1cc(/C=C/c2ccc(O)c(/C=[N+](/[O-])Cc3ccc(O)c(O)c3)c2)ccc1O. The molecule has 7 heteroatoms. The summed E-state index contributed by atoms with van der Waals surface area (Å²) in [5.41, 5.74) is 2.40. The van der Waals surface area contributed by atoms with Crippen LogP contribution in [0.4, 0.5) is 0 Å². The summed E-state index contributed by atoms with van der Waals surface area (Å²) < 4.78 is 5.71. The maximum atomic E-state index is 12.3. The number of hydroxylamine groups is 1. The van der Waals surface area contributed by atoms with E-state index in [1.807, 2.05) is 6.08 Å². The summed E-state index contributed by atoms with van der Waals surface area (Å²) in [6, 6.07) is 13.9. The summed E-state index contributed by atoms with van der Waals surface area (Å²) in [6.07, 6.45) is 4.86. The Morgan fingerprint density at radius 1 is 0.800 bits per heavy atom. The quantitative estimate of drug-likeness (QED) is 0.123. The van der Waals surface area contributed by atoms with Gasteiger partial charge in [-0.25, -0.2) is 4.74 Å². The summed E-state index contributed by atoms with van der Waals surface area (Å²) in [6.45, 7) is -0.0688. The van der Waals surface area contributed by atoms with Crippen LogP contribution in [-0.4, -0.2) is 38.5 Å². The highest BCUT2D eigenvalue weighted by Crippen LogP contribution is 2.28. The standard InChI is InChI=1S/C23H21NO6/c1-30-23-12-16(5-9-21(23)27)3-2-15-4-7-19(25)18(10-15)14-24(29)13-17-6-8-20(26)22(28)11-17/h2-12,14,25-28H,13H2,1H3/b3-2+,24-14+. The highest BCUT2D eigenvalue weighted by atomic mass is 16.5. The first kappa shape index (κ1) is 20.6. The molecule has 0 unspecified atom stereocenters. The van der Waals surface area contributed by atoms with Crippen molar-refractivity contribution >= 4 is 18.4 Å². The Bertz CT molecular complexity index is 1120. The van der Waals surface area contributed by atoms with Crippen molar-refractivity contribution < 1.29 is 29.9 Å². The minimum Gasteiger partial charge on any atom is -0.624 e. The summed E-state index contributed by atoms with van der Waals surface area (Å²) in [5, 5.41) is 50.9. The van der Waals surface area contributed by atoms with Gasteiger partial charge in [-0.05, 0) is 53.6 Å². The smallest absolute Gasteiger partial charge is 0.185 e. The van der Waals surface area contributed by atoms with Crippen LogP contribution in [0, 0.1) is 5.21 Å². The number of hydrogen-bond acceptors (Lipinski definition) is 6. The summed E-state index contributed by atoms with van der Waals surface area (Å²) >= 11 is 0. The lowest BCUT2D eigenvalue weighted by molar-refractivity contribution is -0.469. The number of methoxy groups -OCH3 is 1. The third-order valence-electron chi connectivity index (χ3n) is 4.38. The fourth-order valence-electron chi connectivity index (χ4n) is 2.82. The van der Waals surface area contributed by atoms with E-state index >= 15 is 0 Å². The van der Waals surface area contributed by atoms with E-state index < -0.39 is 0 Å². The van der Waals surface area contributed by atoms with Crippen molar-refractivity contribution in [3.63, 3.8) is 0 Å². The fourth-order valence-corrected chi connectivity index (χ4v) is 2.82. The van der Waals surface area contributed by atoms with Crippen molar-refractivity contribution in [3.8, 4) is 28.7 Å². The minimum atomic E-state index is -0.304. The molecular weight excluding hydrogens is 386 g/mol. The topological polar surface area (TPSA) is 116 Å². The molecule has 3 rings (SSSR count). The lowest BCUT2D eigenvalue weighted by atomic mass is 10.1. The molecule has 0 aromatic heterocycles. The maximum Gasteiger partial charge on any atom is 0.185 e. The van der Waals surface area contributed by atoms with E-state index in [1.165, 1.54) is 43.7 Å². The van der Waals surface area contributed by atoms with E-state index in [0.717, 1.165) is 11.1 Å². The van der Waals surface area contributed by atoms with Crippen molar-refractivity contribution in [3.05, 3.63) is 82.1 Å². The Morgan fingerprint density at radius 2 is 1.43 bits per heavy atom. The van der Waals surface area contributed by atoms with E-state index in [-0.39, 0.29) is 29.5 Å². The average molecular weight is 407 g/mol. The Balaban J connectivity index is 1.80. The minimum absolute atomic E-state index is 0.0483. The molecule has 3 aromatic rings. The third-order valence-corrected chi connectivity index (χ3v) is 4.38. The predicted molar refractivity (Wildman–Crippen MR) is 114 cm³/mol. The third kappa shape index (κ3) is 5.02. The Kier molecular flexibility index (Phi) is 6.12. The molecule has 0 aliphatic heterocycles. The molecule has 3 aromatic carbocycles. The Hall–Kier alpha value is -4.13. The zero-order chi connectivity index (χ0) is 21.7. The van der Waals surface area contributed by atoms with Gasteiger partial charge in [0.1, 0.15) is 5.75 Å². The predicted octanol–water partition coefficient (Wildman–Crippen LogP) is 3.82. The molecule has 0 heterocycles. The summed E-state index contributed by atoms with van der Waals surface area (Å²) in [5.74, 6) is -0.203. The van der Waals surface area contributed by atoms with E-state index in [1.54, 1.807) is 30.3 Å². The number of nitrogens with zero attached hydrogens (tertiary/aromatic N) is 1. The summed E-state index contributed by atoms with van der Waals surface area (Å²) in [4.78, 5) is 0. The van der Waals surface area contributed by atoms with Crippen molar-refractivity contribution in [2.45, 2.75) is 6.54 Å². The van der Waals surface area contributed by atoms with Crippen molar-refractivity contribution in [2.24, 2.45) is 0 Å². The molecule has 0 aliphatic carbocycles. The number of ether oxygens (including phenoxy) is 1. The number of benzene rings is 3. The molecule has 0 atom stereocenters. The van der Waals surface area contributed by atoms with Gasteiger partial charge in [-0.1, -0.05) is 24.3 Å². The number of phenolic OH excluding ortho intramolecular Hbond substituents is 4. The summed E-state index contributed by atoms with van der Waals surface area (Å²) in [7, 11) is 1.47. The number of hydrogen-bond donors (Lipinski definition) is 4. The van der Waals surface area contributed by atoms with Crippen LogP contribution >= 0.6 is 0 Å². The van der Waals surface area contributed by atoms with Gasteiger partial charge in [0, 0.05) is 5.56 Å². The van der Waals surface area contributed by atoms with Crippen LogP contribution in [0.5, 0.6) is 28.7 Å². The van der Waals surface area contributed by atoms with Gasteiger partial charge in [0.15, 0.2) is 35.8 Å². The van der Waals surface area contributed by atoms with Crippen LogP contribution in [0.1, 0.15) is 22.3 Å². The van der Waals surface area contributed by atoms with Gasteiger partial charge in [0.25, 0.3) is 0 Å². The van der Waals surface area contributed by atoms with Crippen LogP contribution in [0.3, 0.4) is 0 Å². The molecule has 154 valence electrons. The molecule has 0 radical (unpaired) electrons. The zero-order valence-electron chi connectivity index (χ0n) is 16.2. The molecule has 0 saturated heterocycles. The first-order chi connectivity index (χ1) is 14.4. The van der Waals surface area contributed by atoms with Gasteiger partial charge in [0.2, 0.25) is 0 Å². The average Bonchev–Trinajstić information content (AvgIpc) is 2.72. The second-order valence-electron chi connectivity index (χ2n) is 6.61. The lowest BCUT2D eigenvalue weighted by Crippen LogP contribution is -2.06. The van der Waals surface area contributed by atoms with Crippen molar-refractivity contribution in [1.29, 1.82) is 0 Å². The van der Waals surface area contributed by atoms with Gasteiger partial charge < -0.3 is 30.4 Å². The maximum absolute atomic E-state index is 12.3. The van der Waals surface area contributed by atoms with E-state index in [2.05, 4.69) is 0 Å². The van der Waals surface area contributed by atoms with Gasteiger partial charge in [0.05, 0.1) is 12.7 Å². The molecular formula is C23H21NO6. The van der Waals surface area contributed by atoms with E-state index in [4.69, 9.17) is 4.74 Å². The van der Waals surface area contributed by atoms with E-state index in [9.17, 15) is 25.6 Å². The van der Waals surface area contributed by atoms with Crippen molar-refractivity contribution in [2.75, 3.05) is 7.11 Å². The first-order valence-electron chi connectivity index (χ1n) is 9.03. The second kappa shape index (κ2) is 8.91. The monoisotopic (exact) mass is 407 g/mol. The Morgan fingerprint density at radius 3 is 2.10 bits per heavy atom. The Labute approximate surface area is 173 Å². The van der Waals surface area contributed by atoms with Crippen LogP contribution in [0.25, 0.3) is 12.2 Å². The van der Waals surface area contributed by atoms with Gasteiger partial charge in [-0.3, -0.25) is 0 Å². The van der Waals surface area contributed by atoms with Gasteiger partial charge >= 0.3 is 0 Å². The normalized spacial score (nSPS) is 11.7.